The first-order valence-electron chi connectivity index (χ1n) is 30.6. The summed E-state index contributed by atoms with van der Waals surface area (Å²) >= 11 is 0. The van der Waals surface area contributed by atoms with Gasteiger partial charge in [-0.15, -0.1) is 0 Å². The minimum Gasteiger partial charge on any atom is -0.462 e. The predicted molar refractivity (Wildman–Crippen MR) is 334 cm³/mol. The zero-order chi connectivity index (χ0) is 55.7. The molecule has 430 valence electrons. The molecular formula is C71H110O6. The average Bonchev–Trinajstić information content (AvgIpc) is 3.43. The molecule has 0 aromatic carbocycles. The second-order valence-corrected chi connectivity index (χ2v) is 19.5. The van der Waals surface area contributed by atoms with E-state index in [9.17, 15) is 14.4 Å². The number of hydrogen-bond donors (Lipinski definition) is 0. The Morgan fingerprint density at radius 3 is 0.948 bits per heavy atom. The smallest absolute Gasteiger partial charge is 0.309 e. The van der Waals surface area contributed by atoms with Crippen molar-refractivity contribution in [3.8, 4) is 0 Å². The fourth-order valence-electron chi connectivity index (χ4n) is 7.70. The highest BCUT2D eigenvalue weighted by molar-refractivity contribution is 5.72. The van der Waals surface area contributed by atoms with Crippen molar-refractivity contribution in [3.63, 3.8) is 0 Å². The zero-order valence-corrected chi connectivity index (χ0v) is 49.1. The van der Waals surface area contributed by atoms with Crippen molar-refractivity contribution >= 4 is 17.9 Å². The van der Waals surface area contributed by atoms with Crippen molar-refractivity contribution in [1.29, 1.82) is 0 Å². The Morgan fingerprint density at radius 2 is 0.558 bits per heavy atom. The highest BCUT2D eigenvalue weighted by Crippen LogP contribution is 2.13. The lowest BCUT2D eigenvalue weighted by Crippen LogP contribution is -2.30. The van der Waals surface area contributed by atoms with Crippen molar-refractivity contribution in [2.75, 3.05) is 13.2 Å². The first-order chi connectivity index (χ1) is 38.0. The maximum atomic E-state index is 12.9. The summed E-state index contributed by atoms with van der Waals surface area (Å²) in [5.41, 5.74) is 0. The molecule has 0 heterocycles. The Morgan fingerprint density at radius 1 is 0.286 bits per heavy atom. The summed E-state index contributed by atoms with van der Waals surface area (Å²) < 4.78 is 16.7. The monoisotopic (exact) mass is 1060 g/mol. The van der Waals surface area contributed by atoms with Gasteiger partial charge < -0.3 is 14.2 Å². The lowest BCUT2D eigenvalue weighted by molar-refractivity contribution is -0.166. The van der Waals surface area contributed by atoms with E-state index in [1.807, 2.05) is 6.08 Å². The third-order valence-electron chi connectivity index (χ3n) is 12.2. The van der Waals surface area contributed by atoms with E-state index in [1.165, 1.54) is 77.0 Å². The van der Waals surface area contributed by atoms with Crippen molar-refractivity contribution in [2.45, 2.75) is 245 Å². The van der Waals surface area contributed by atoms with Gasteiger partial charge in [-0.1, -0.05) is 255 Å². The molecular weight excluding hydrogens is 949 g/mol. The molecule has 0 aromatic rings. The summed E-state index contributed by atoms with van der Waals surface area (Å²) in [5, 5.41) is 0. The van der Waals surface area contributed by atoms with Crippen LogP contribution in [0.3, 0.4) is 0 Å². The lowest BCUT2D eigenvalue weighted by atomic mass is 10.1. The van der Waals surface area contributed by atoms with Crippen LogP contribution in [0, 0.1) is 0 Å². The van der Waals surface area contributed by atoms with E-state index in [-0.39, 0.29) is 44.4 Å². The number of carbonyl (C=O) groups excluding carboxylic acids is 3. The normalized spacial score (nSPS) is 13.3. The topological polar surface area (TPSA) is 78.9 Å². The van der Waals surface area contributed by atoms with Crippen molar-refractivity contribution in [2.24, 2.45) is 0 Å². The summed E-state index contributed by atoms with van der Waals surface area (Å²) in [5.74, 6) is -1.12. The number of carbonyl (C=O) groups is 3. The Labute approximate surface area is 472 Å². The van der Waals surface area contributed by atoms with E-state index >= 15 is 0 Å². The number of esters is 3. The molecule has 0 aliphatic carbocycles. The molecule has 6 heteroatoms. The van der Waals surface area contributed by atoms with Gasteiger partial charge in [-0.3, -0.25) is 14.4 Å². The van der Waals surface area contributed by atoms with E-state index in [4.69, 9.17) is 14.2 Å². The number of hydrogen-bond acceptors (Lipinski definition) is 6. The summed E-state index contributed by atoms with van der Waals surface area (Å²) in [6.45, 7) is 6.27. The minimum absolute atomic E-state index is 0.110. The Kier molecular flexibility index (Phi) is 59.0. The van der Waals surface area contributed by atoms with Gasteiger partial charge in [0.05, 0.1) is 6.42 Å². The maximum absolute atomic E-state index is 12.9. The van der Waals surface area contributed by atoms with E-state index < -0.39 is 12.1 Å². The van der Waals surface area contributed by atoms with Gasteiger partial charge in [-0.2, -0.15) is 0 Å². The molecule has 6 nitrogen and oxygen atoms in total. The maximum Gasteiger partial charge on any atom is 0.309 e. The van der Waals surface area contributed by atoms with Crippen LogP contribution < -0.4 is 0 Å². The van der Waals surface area contributed by atoms with Gasteiger partial charge in [0.15, 0.2) is 6.10 Å². The van der Waals surface area contributed by atoms with Gasteiger partial charge in [0.2, 0.25) is 0 Å². The first kappa shape index (κ1) is 71.8. The van der Waals surface area contributed by atoms with E-state index in [2.05, 4.69) is 179 Å². The molecule has 0 radical (unpaired) electrons. The average molecular weight is 1060 g/mol. The Hall–Kier alpha value is -5.23. The standard InChI is InChI=1S/C71H110O6/c1-4-7-10-13-16-19-22-25-28-30-31-32-33-34-35-36-37-38-39-41-43-46-49-52-55-58-61-64-70(73)76-67-68(66-75-69(72)63-60-57-54-51-48-45-42-27-24-21-18-15-12-9-6-3)77-71(74)65-62-59-56-53-50-47-44-40-29-26-23-20-17-14-11-8-5-2/h7,9-10,12,16,18-19,21,25-29,31-32,34-35,37-38,41-43,48-49,51-52,57,60,68H,4-6,8,11,13-15,17,20,22-24,30,33,36,39-40,44-47,50,53-56,58-59,61-67H2,1-3H3/b10-7-,12-9-,19-16-,21-18-,28-25-,29-26-,32-31-,35-34-,38-37-,42-27-,43-41-,51-48-,52-49-,60-57-. The molecule has 0 amide bonds. The molecule has 0 saturated carbocycles. The Balaban J connectivity index is 4.55. The third-order valence-corrected chi connectivity index (χ3v) is 12.2. The van der Waals surface area contributed by atoms with Crippen LogP contribution in [0.15, 0.2) is 170 Å². The van der Waals surface area contributed by atoms with Crippen LogP contribution in [-0.2, 0) is 28.6 Å². The van der Waals surface area contributed by atoms with Gasteiger partial charge >= 0.3 is 17.9 Å². The second kappa shape index (κ2) is 63.3. The van der Waals surface area contributed by atoms with Gasteiger partial charge in [-0.05, 0) is 135 Å². The van der Waals surface area contributed by atoms with Crippen LogP contribution in [-0.4, -0.2) is 37.2 Å². The molecule has 0 saturated heterocycles. The van der Waals surface area contributed by atoms with E-state index in [0.29, 0.717) is 6.42 Å². The van der Waals surface area contributed by atoms with Crippen LogP contribution >= 0.6 is 0 Å². The summed E-state index contributed by atoms with van der Waals surface area (Å²) in [7, 11) is 0. The van der Waals surface area contributed by atoms with Crippen LogP contribution in [0.25, 0.3) is 0 Å². The number of unbranched alkanes of at least 4 members (excludes halogenated alkanes) is 15. The molecule has 0 bridgehead atoms. The van der Waals surface area contributed by atoms with E-state index in [0.717, 1.165) is 116 Å². The molecule has 0 aromatic heterocycles. The predicted octanol–water partition coefficient (Wildman–Crippen LogP) is 21.1. The third kappa shape index (κ3) is 61.5. The number of rotatable bonds is 53. The molecule has 0 rings (SSSR count). The number of ether oxygens (including phenoxy) is 3. The van der Waals surface area contributed by atoms with Crippen LogP contribution in [0.4, 0.5) is 0 Å². The highest BCUT2D eigenvalue weighted by Gasteiger charge is 2.19. The quantitative estimate of drug-likeness (QED) is 0.0261. The van der Waals surface area contributed by atoms with Gasteiger partial charge in [0.25, 0.3) is 0 Å². The van der Waals surface area contributed by atoms with Crippen LogP contribution in [0.1, 0.15) is 239 Å². The van der Waals surface area contributed by atoms with Gasteiger partial charge in [0.1, 0.15) is 13.2 Å². The van der Waals surface area contributed by atoms with Crippen molar-refractivity contribution < 1.29 is 28.6 Å². The molecule has 1 unspecified atom stereocenters. The zero-order valence-electron chi connectivity index (χ0n) is 49.1. The molecule has 0 N–H and O–H groups in total. The minimum atomic E-state index is -0.848. The highest BCUT2D eigenvalue weighted by atomic mass is 16.6. The first-order valence-corrected chi connectivity index (χ1v) is 30.6. The molecule has 0 aliphatic heterocycles. The SMILES string of the molecule is CC/C=C\C/C=C\C/C=C\C/C=C\C/C=C\C/C=C\C/C=C\C/C=C\CCCCC(=O)OCC(COC(=O)C/C=C\C/C=C\C/C=C\C/C=C\C/C=C\CC)OC(=O)CCCCCCCCC/C=C\CCCCCCCC. The summed E-state index contributed by atoms with van der Waals surface area (Å²) in [6, 6.07) is 0. The summed E-state index contributed by atoms with van der Waals surface area (Å²) in [6.07, 6.45) is 93.8. The lowest BCUT2D eigenvalue weighted by Gasteiger charge is -2.18. The molecule has 0 fully saturated rings. The van der Waals surface area contributed by atoms with Gasteiger partial charge in [0, 0.05) is 12.8 Å². The fourth-order valence-corrected chi connectivity index (χ4v) is 7.70. The Bertz CT molecular complexity index is 1790. The van der Waals surface area contributed by atoms with Crippen molar-refractivity contribution in [1.82, 2.24) is 0 Å². The van der Waals surface area contributed by atoms with E-state index in [1.54, 1.807) is 6.08 Å². The largest absolute Gasteiger partial charge is 0.462 e. The molecule has 77 heavy (non-hydrogen) atoms. The second-order valence-electron chi connectivity index (χ2n) is 19.5. The van der Waals surface area contributed by atoms with Crippen LogP contribution in [0.5, 0.6) is 0 Å². The molecule has 1 atom stereocenters. The molecule has 0 spiro atoms. The summed E-state index contributed by atoms with van der Waals surface area (Å²) in [4.78, 5) is 38.2. The van der Waals surface area contributed by atoms with Crippen LogP contribution in [0.2, 0.25) is 0 Å². The fraction of sp³-hybridized carbons (Fsp3) is 0.563. The van der Waals surface area contributed by atoms with Gasteiger partial charge in [-0.25, -0.2) is 0 Å². The molecule has 0 aliphatic rings. The number of allylic oxidation sites excluding steroid dienone is 27. The van der Waals surface area contributed by atoms with Crippen molar-refractivity contribution in [3.05, 3.63) is 170 Å².